The highest BCUT2D eigenvalue weighted by molar-refractivity contribution is 7.88. The lowest BCUT2D eigenvalue weighted by molar-refractivity contribution is -0.150. The van der Waals surface area contributed by atoms with E-state index in [9.17, 15) is 22.8 Å². The van der Waals surface area contributed by atoms with Crippen LogP contribution >= 0.6 is 0 Å². The second-order valence-corrected chi connectivity index (χ2v) is 9.28. The Kier molecular flexibility index (Phi) is 7.43. The Bertz CT molecular complexity index is 902. The fourth-order valence-electron chi connectivity index (χ4n) is 2.98. The van der Waals surface area contributed by atoms with Gasteiger partial charge in [0.2, 0.25) is 27.7 Å². The van der Waals surface area contributed by atoms with Gasteiger partial charge in [0, 0.05) is 20.1 Å². The summed E-state index contributed by atoms with van der Waals surface area (Å²) >= 11 is 0. The number of rotatable bonds is 8. The summed E-state index contributed by atoms with van der Waals surface area (Å²) in [4.78, 5) is 38.2. The fourth-order valence-corrected chi connectivity index (χ4v) is 3.81. The monoisotopic (exact) mass is 440 g/mol. The van der Waals surface area contributed by atoms with Crippen molar-refractivity contribution in [2.45, 2.75) is 25.9 Å². The molecule has 0 aromatic heterocycles. The van der Waals surface area contributed by atoms with Crippen molar-refractivity contribution in [3.63, 3.8) is 0 Å². The molecule has 0 unspecified atom stereocenters. The van der Waals surface area contributed by atoms with Crippen LogP contribution in [-0.2, 0) is 31.0 Å². The van der Waals surface area contributed by atoms with E-state index >= 15 is 0 Å². The smallest absolute Gasteiger partial charge is 0.247 e. The summed E-state index contributed by atoms with van der Waals surface area (Å²) < 4.78 is 30.0. The summed E-state index contributed by atoms with van der Waals surface area (Å²) in [6, 6.07) is 7.26. The van der Waals surface area contributed by atoms with Crippen molar-refractivity contribution in [3.05, 3.63) is 29.8 Å². The fraction of sp³-hybridized carbons (Fsp3) is 0.526. The second kappa shape index (κ2) is 9.43. The Labute approximate surface area is 176 Å². The van der Waals surface area contributed by atoms with E-state index in [2.05, 4.69) is 10.6 Å². The van der Waals surface area contributed by atoms with Gasteiger partial charge in [-0.25, -0.2) is 8.42 Å². The van der Waals surface area contributed by atoms with E-state index in [1.165, 1.54) is 18.9 Å². The van der Waals surface area contributed by atoms with Crippen LogP contribution in [0.1, 0.15) is 19.4 Å². The molecule has 10 nitrogen and oxygen atoms in total. The number of sulfonamides is 1. The molecule has 0 bridgehead atoms. The second-order valence-electron chi connectivity index (χ2n) is 7.29. The third-order valence-electron chi connectivity index (χ3n) is 5.00. The molecule has 11 heteroatoms. The number of hydrogen-bond donors (Lipinski definition) is 2. The number of nitrogens with one attached hydrogen (secondary N) is 2. The maximum absolute atomic E-state index is 12.7. The zero-order valence-electron chi connectivity index (χ0n) is 17.6. The third-order valence-corrected chi connectivity index (χ3v) is 6.20. The highest BCUT2D eigenvalue weighted by atomic mass is 32.2. The summed E-state index contributed by atoms with van der Waals surface area (Å²) in [6.45, 7) is 3.40. The molecule has 1 aromatic rings. The van der Waals surface area contributed by atoms with E-state index in [0.717, 1.165) is 21.9 Å². The molecule has 1 atom stereocenters. The van der Waals surface area contributed by atoms with Crippen molar-refractivity contribution in [1.82, 2.24) is 19.8 Å². The molecule has 1 aromatic carbocycles. The van der Waals surface area contributed by atoms with Gasteiger partial charge in [-0.2, -0.15) is 4.31 Å². The molecule has 1 heterocycles. The molecule has 1 saturated heterocycles. The molecule has 2 N–H and O–H groups in total. The first-order chi connectivity index (χ1) is 14.0. The number of benzene rings is 1. The molecular weight excluding hydrogens is 412 g/mol. The van der Waals surface area contributed by atoms with Crippen LogP contribution in [-0.4, -0.2) is 80.4 Å². The van der Waals surface area contributed by atoms with Crippen LogP contribution in [0.3, 0.4) is 0 Å². The molecule has 0 radical (unpaired) electrons. The number of likely N-dealkylation sites (N-methyl/N-ethyl adjacent to an activating group) is 1. The molecule has 30 heavy (non-hydrogen) atoms. The Hall–Kier alpha value is -2.66. The lowest BCUT2D eigenvalue weighted by Gasteiger charge is -2.44. The maximum atomic E-state index is 12.7. The van der Waals surface area contributed by atoms with Gasteiger partial charge in [-0.3, -0.25) is 14.4 Å². The highest BCUT2D eigenvalue weighted by Crippen LogP contribution is 2.22. The van der Waals surface area contributed by atoms with Crippen LogP contribution in [0.15, 0.2) is 24.3 Å². The van der Waals surface area contributed by atoms with E-state index in [-0.39, 0.29) is 26.2 Å². The third kappa shape index (κ3) is 5.70. The van der Waals surface area contributed by atoms with Crippen molar-refractivity contribution < 1.29 is 27.5 Å². The van der Waals surface area contributed by atoms with Crippen LogP contribution in [0.5, 0.6) is 5.75 Å². The first-order valence-corrected chi connectivity index (χ1v) is 11.3. The number of amides is 3. The van der Waals surface area contributed by atoms with Crippen molar-refractivity contribution >= 4 is 27.7 Å². The molecule has 2 rings (SSSR count). The number of nitrogens with zero attached hydrogens (tertiary/aromatic N) is 2. The van der Waals surface area contributed by atoms with E-state index in [1.54, 1.807) is 12.1 Å². The molecular formula is C19H28N4O6S. The SMILES string of the molecule is CCOc1ccc(CNC(=O)CNC(=O)[C@@]2(C)CN(S(C)(=O)=O)CC(=O)N2C)cc1. The minimum atomic E-state index is -3.65. The van der Waals surface area contributed by atoms with Gasteiger partial charge in [0.25, 0.3) is 0 Å². The molecule has 0 spiro atoms. The van der Waals surface area contributed by atoms with Gasteiger partial charge in [-0.05, 0) is 31.5 Å². The minimum Gasteiger partial charge on any atom is -0.494 e. The molecule has 1 aliphatic heterocycles. The van der Waals surface area contributed by atoms with Crippen LogP contribution in [0.2, 0.25) is 0 Å². The Balaban J connectivity index is 1.91. The zero-order chi connectivity index (χ0) is 22.5. The molecule has 0 saturated carbocycles. The largest absolute Gasteiger partial charge is 0.494 e. The van der Waals surface area contributed by atoms with E-state index < -0.39 is 33.3 Å². The first kappa shape index (κ1) is 23.6. The average molecular weight is 441 g/mol. The van der Waals surface area contributed by atoms with Crippen molar-refractivity contribution in [3.8, 4) is 5.75 Å². The summed E-state index contributed by atoms with van der Waals surface area (Å²) in [7, 11) is -2.21. The van der Waals surface area contributed by atoms with Crippen LogP contribution < -0.4 is 15.4 Å². The number of carbonyl (C=O) groups excluding carboxylic acids is 3. The average Bonchev–Trinajstić information content (AvgIpc) is 2.68. The zero-order valence-corrected chi connectivity index (χ0v) is 18.4. The van der Waals surface area contributed by atoms with Gasteiger partial charge < -0.3 is 20.3 Å². The van der Waals surface area contributed by atoms with Gasteiger partial charge in [0.1, 0.15) is 11.3 Å². The van der Waals surface area contributed by atoms with Gasteiger partial charge >= 0.3 is 0 Å². The van der Waals surface area contributed by atoms with Crippen molar-refractivity contribution in [1.29, 1.82) is 0 Å². The van der Waals surface area contributed by atoms with E-state index in [4.69, 9.17) is 4.74 Å². The lowest BCUT2D eigenvalue weighted by atomic mass is 9.96. The highest BCUT2D eigenvalue weighted by Gasteiger charge is 2.47. The number of ether oxygens (including phenoxy) is 1. The summed E-state index contributed by atoms with van der Waals surface area (Å²) in [5, 5.41) is 5.18. The number of hydrogen-bond acceptors (Lipinski definition) is 6. The maximum Gasteiger partial charge on any atom is 0.247 e. The van der Waals surface area contributed by atoms with Crippen molar-refractivity contribution in [2.75, 3.05) is 39.5 Å². The Morgan fingerprint density at radius 1 is 1.20 bits per heavy atom. The van der Waals surface area contributed by atoms with Gasteiger partial charge in [0.15, 0.2) is 0 Å². The summed E-state index contributed by atoms with van der Waals surface area (Å²) in [5.74, 6) is -0.778. The molecule has 1 fully saturated rings. The van der Waals surface area contributed by atoms with Crippen LogP contribution in [0.4, 0.5) is 0 Å². The van der Waals surface area contributed by atoms with Gasteiger partial charge in [-0.15, -0.1) is 0 Å². The van der Waals surface area contributed by atoms with Gasteiger partial charge in [0.05, 0.1) is 26.0 Å². The summed E-state index contributed by atoms with van der Waals surface area (Å²) in [5.41, 5.74) is -0.556. The van der Waals surface area contributed by atoms with Gasteiger partial charge in [-0.1, -0.05) is 12.1 Å². The Morgan fingerprint density at radius 3 is 2.40 bits per heavy atom. The minimum absolute atomic E-state index is 0.187. The van der Waals surface area contributed by atoms with E-state index in [0.29, 0.717) is 6.61 Å². The lowest BCUT2D eigenvalue weighted by Crippen LogP contribution is -2.68. The molecule has 1 aliphatic rings. The van der Waals surface area contributed by atoms with Crippen LogP contribution in [0.25, 0.3) is 0 Å². The first-order valence-electron chi connectivity index (χ1n) is 9.46. The number of piperazine rings is 1. The number of carbonyl (C=O) groups is 3. The normalized spacial score (nSPS) is 20.0. The topological polar surface area (TPSA) is 125 Å². The van der Waals surface area contributed by atoms with E-state index in [1.807, 2.05) is 19.1 Å². The molecule has 166 valence electrons. The van der Waals surface area contributed by atoms with Crippen LogP contribution in [0, 0.1) is 0 Å². The summed E-state index contributed by atoms with van der Waals surface area (Å²) in [6.07, 6.45) is 0.984. The standard InChI is InChI=1S/C19H28N4O6S/c1-5-29-15-8-6-14(7-9-15)10-20-16(24)11-21-18(26)19(2)13-23(30(4,27)28)12-17(25)22(19)3/h6-9H,5,10-13H2,1-4H3,(H,20,24)(H,21,26)/t19-/m1/s1. The molecule has 3 amide bonds. The van der Waals surface area contributed by atoms with Crippen molar-refractivity contribution in [2.24, 2.45) is 0 Å². The predicted molar refractivity (Wildman–Crippen MR) is 110 cm³/mol. The Morgan fingerprint density at radius 2 is 1.83 bits per heavy atom. The molecule has 0 aliphatic carbocycles. The predicted octanol–water partition coefficient (Wildman–Crippen LogP) is -0.690. The quantitative estimate of drug-likeness (QED) is 0.551.